The quantitative estimate of drug-likeness (QED) is 0.858. The Bertz CT molecular complexity index is 677. The number of nitrogen functional groups attached to an aromatic ring is 1. The minimum Gasteiger partial charge on any atom is -0.405 e. The van der Waals surface area contributed by atoms with E-state index in [0.29, 0.717) is 0 Å². The van der Waals surface area contributed by atoms with E-state index in [4.69, 9.17) is 12.2 Å². The lowest BCUT2D eigenvalue weighted by atomic mass is 10.1. The third-order valence-corrected chi connectivity index (χ3v) is 2.28. The molecule has 0 fully saturated rings. The Morgan fingerprint density at radius 2 is 1.90 bits per heavy atom. The fourth-order valence-corrected chi connectivity index (χ4v) is 1.57. The predicted molar refractivity (Wildman–Crippen MR) is 66.5 cm³/mol. The number of terminal acetylenes is 1. The van der Waals surface area contributed by atoms with Gasteiger partial charge < -0.3 is 10.5 Å². The Labute approximate surface area is 112 Å². The molecule has 102 valence electrons. The highest BCUT2D eigenvalue weighted by molar-refractivity contribution is 5.68. The monoisotopic (exact) mass is 279 g/mol. The second-order valence-electron chi connectivity index (χ2n) is 3.68. The van der Waals surface area contributed by atoms with Crippen LogP contribution in [0.4, 0.5) is 19.1 Å². The van der Waals surface area contributed by atoms with Crippen LogP contribution in [0.2, 0.25) is 0 Å². The molecule has 0 radical (unpaired) electrons. The molecule has 0 bridgehead atoms. The first-order valence-electron chi connectivity index (χ1n) is 5.35. The van der Waals surface area contributed by atoms with E-state index in [0.717, 1.165) is 0 Å². The summed E-state index contributed by atoms with van der Waals surface area (Å²) in [6.45, 7) is 0. The van der Waals surface area contributed by atoms with Gasteiger partial charge in [0, 0.05) is 5.56 Å². The molecule has 0 saturated carbocycles. The Morgan fingerprint density at radius 1 is 1.20 bits per heavy atom. The fourth-order valence-electron chi connectivity index (χ4n) is 1.57. The van der Waals surface area contributed by atoms with E-state index >= 15 is 0 Å². The summed E-state index contributed by atoms with van der Waals surface area (Å²) in [5, 5.41) is 0. The van der Waals surface area contributed by atoms with Crippen molar-refractivity contribution in [1.82, 2.24) is 9.97 Å². The van der Waals surface area contributed by atoms with Crippen molar-refractivity contribution in [3.05, 3.63) is 36.0 Å². The molecular weight excluding hydrogens is 271 g/mol. The van der Waals surface area contributed by atoms with Crippen LogP contribution in [-0.4, -0.2) is 16.3 Å². The molecule has 0 aliphatic carbocycles. The molecule has 4 nitrogen and oxygen atoms in total. The van der Waals surface area contributed by atoms with Gasteiger partial charge in [-0.15, -0.1) is 19.6 Å². The first-order chi connectivity index (χ1) is 9.39. The van der Waals surface area contributed by atoms with Crippen molar-refractivity contribution in [3.63, 3.8) is 0 Å². The summed E-state index contributed by atoms with van der Waals surface area (Å²) < 4.78 is 41.0. The summed E-state index contributed by atoms with van der Waals surface area (Å²) in [6.07, 6.45) is 0.396. The lowest BCUT2D eigenvalue weighted by Gasteiger charge is -2.13. The highest BCUT2D eigenvalue weighted by Gasteiger charge is 2.32. The standard InChI is InChI=1S/C13H8F3N3O/c1-2-8-7-10(19-12(17)18-8)9-5-3-4-6-11(9)20-13(14,15)16/h1,3-7H,(H2,17,18,19). The third kappa shape index (κ3) is 3.17. The molecule has 2 aromatic rings. The van der Waals surface area contributed by atoms with Crippen molar-refractivity contribution in [3.8, 4) is 29.4 Å². The van der Waals surface area contributed by atoms with Crippen molar-refractivity contribution in [2.45, 2.75) is 6.36 Å². The van der Waals surface area contributed by atoms with E-state index in [9.17, 15) is 13.2 Å². The molecule has 1 heterocycles. The number of nitrogens with zero attached hydrogens (tertiary/aromatic N) is 2. The number of benzene rings is 1. The molecular formula is C13H8F3N3O. The summed E-state index contributed by atoms with van der Waals surface area (Å²) >= 11 is 0. The second-order valence-corrected chi connectivity index (χ2v) is 3.68. The van der Waals surface area contributed by atoms with Gasteiger partial charge in [0.1, 0.15) is 11.4 Å². The molecule has 7 heteroatoms. The number of hydrogen-bond acceptors (Lipinski definition) is 4. The molecule has 0 aliphatic heterocycles. The molecule has 2 N–H and O–H groups in total. The Kier molecular flexibility index (Phi) is 3.48. The molecule has 0 saturated heterocycles. The highest BCUT2D eigenvalue weighted by atomic mass is 19.4. The normalized spacial score (nSPS) is 10.9. The van der Waals surface area contributed by atoms with Crippen LogP contribution in [0.5, 0.6) is 5.75 Å². The van der Waals surface area contributed by atoms with Crippen molar-refractivity contribution >= 4 is 5.95 Å². The van der Waals surface area contributed by atoms with Crippen LogP contribution < -0.4 is 10.5 Å². The Hall–Kier alpha value is -2.75. The molecule has 2 rings (SSSR count). The molecule has 0 aliphatic rings. The largest absolute Gasteiger partial charge is 0.573 e. The third-order valence-electron chi connectivity index (χ3n) is 2.28. The van der Waals surface area contributed by atoms with E-state index in [-0.39, 0.29) is 28.6 Å². The number of hydrogen-bond donors (Lipinski definition) is 1. The number of ether oxygens (including phenoxy) is 1. The number of anilines is 1. The number of halogens is 3. The van der Waals surface area contributed by atoms with Gasteiger partial charge in [0.25, 0.3) is 0 Å². The van der Waals surface area contributed by atoms with Crippen LogP contribution >= 0.6 is 0 Å². The Morgan fingerprint density at radius 3 is 2.55 bits per heavy atom. The summed E-state index contributed by atoms with van der Waals surface area (Å²) in [5.74, 6) is 1.74. The van der Waals surface area contributed by atoms with Crippen LogP contribution in [0.1, 0.15) is 5.69 Å². The van der Waals surface area contributed by atoms with Crippen molar-refractivity contribution in [2.75, 3.05) is 5.73 Å². The summed E-state index contributed by atoms with van der Waals surface area (Å²) in [7, 11) is 0. The van der Waals surface area contributed by atoms with Gasteiger partial charge in [0.05, 0.1) is 5.69 Å². The smallest absolute Gasteiger partial charge is 0.405 e. The predicted octanol–water partition coefficient (Wildman–Crippen LogP) is 2.61. The van der Waals surface area contributed by atoms with Crippen LogP contribution in [0.15, 0.2) is 30.3 Å². The van der Waals surface area contributed by atoms with Gasteiger partial charge in [-0.2, -0.15) is 0 Å². The van der Waals surface area contributed by atoms with E-state index in [2.05, 4.69) is 20.6 Å². The number of nitrogens with two attached hydrogens (primary N) is 1. The van der Waals surface area contributed by atoms with E-state index in [1.165, 1.54) is 24.3 Å². The maximum atomic E-state index is 12.3. The molecule has 0 atom stereocenters. The van der Waals surface area contributed by atoms with Gasteiger partial charge >= 0.3 is 6.36 Å². The van der Waals surface area contributed by atoms with Gasteiger partial charge in [-0.3, -0.25) is 0 Å². The zero-order chi connectivity index (χ0) is 14.8. The lowest BCUT2D eigenvalue weighted by molar-refractivity contribution is -0.274. The number of para-hydroxylation sites is 1. The van der Waals surface area contributed by atoms with Gasteiger partial charge in [-0.1, -0.05) is 18.1 Å². The molecule has 1 aromatic carbocycles. The summed E-state index contributed by atoms with van der Waals surface area (Å²) in [5.41, 5.74) is 5.92. The zero-order valence-electron chi connectivity index (χ0n) is 9.98. The Balaban J connectivity index is 2.53. The van der Waals surface area contributed by atoms with Gasteiger partial charge in [-0.05, 0) is 18.2 Å². The highest BCUT2D eigenvalue weighted by Crippen LogP contribution is 2.32. The summed E-state index contributed by atoms with van der Waals surface area (Å²) in [6, 6.07) is 6.92. The maximum Gasteiger partial charge on any atom is 0.573 e. The van der Waals surface area contributed by atoms with E-state index < -0.39 is 6.36 Å². The number of alkyl halides is 3. The van der Waals surface area contributed by atoms with Crippen LogP contribution in [-0.2, 0) is 0 Å². The van der Waals surface area contributed by atoms with Crippen molar-refractivity contribution < 1.29 is 17.9 Å². The van der Waals surface area contributed by atoms with Crippen LogP contribution in [0, 0.1) is 12.3 Å². The van der Waals surface area contributed by atoms with E-state index in [1.54, 1.807) is 6.07 Å². The first-order valence-corrected chi connectivity index (χ1v) is 5.35. The van der Waals surface area contributed by atoms with Gasteiger partial charge in [-0.25, -0.2) is 9.97 Å². The van der Waals surface area contributed by atoms with Gasteiger partial charge in [0.15, 0.2) is 0 Å². The minimum atomic E-state index is -4.80. The van der Waals surface area contributed by atoms with Crippen molar-refractivity contribution in [2.24, 2.45) is 0 Å². The molecule has 0 amide bonds. The molecule has 1 aromatic heterocycles. The van der Waals surface area contributed by atoms with Gasteiger partial charge in [0.2, 0.25) is 5.95 Å². The topological polar surface area (TPSA) is 61.0 Å². The van der Waals surface area contributed by atoms with Crippen molar-refractivity contribution in [1.29, 1.82) is 0 Å². The lowest BCUT2D eigenvalue weighted by Crippen LogP contribution is -2.17. The number of rotatable bonds is 2. The molecule has 20 heavy (non-hydrogen) atoms. The molecule has 0 spiro atoms. The van der Waals surface area contributed by atoms with Crippen LogP contribution in [0.3, 0.4) is 0 Å². The SMILES string of the molecule is C#Cc1cc(-c2ccccc2OC(F)(F)F)nc(N)n1. The van der Waals surface area contributed by atoms with E-state index in [1.807, 2.05) is 0 Å². The maximum absolute atomic E-state index is 12.3. The zero-order valence-corrected chi connectivity index (χ0v) is 9.98. The number of aromatic nitrogens is 2. The first kappa shape index (κ1) is 13.7. The minimum absolute atomic E-state index is 0.121. The summed E-state index contributed by atoms with van der Waals surface area (Å²) in [4.78, 5) is 7.62. The van der Waals surface area contributed by atoms with Crippen LogP contribution in [0.25, 0.3) is 11.3 Å². The average Bonchev–Trinajstić information content (AvgIpc) is 2.36. The molecule has 0 unspecified atom stereocenters. The second kappa shape index (κ2) is 5.09. The average molecular weight is 279 g/mol. The fraction of sp³-hybridized carbons (Fsp3) is 0.0769.